The van der Waals surface area contributed by atoms with Crippen LogP contribution in [0.1, 0.15) is 44.0 Å². The topological polar surface area (TPSA) is 167 Å². The van der Waals surface area contributed by atoms with Crippen LogP contribution in [0.5, 0.6) is 0 Å². The van der Waals surface area contributed by atoms with E-state index >= 15 is 0 Å². The van der Waals surface area contributed by atoms with Crippen LogP contribution < -0.4 is 22.5 Å². The van der Waals surface area contributed by atoms with Crippen LogP contribution >= 0.6 is 23.1 Å². The molecule has 1 aliphatic carbocycles. The third kappa shape index (κ3) is 4.47. The van der Waals surface area contributed by atoms with Gasteiger partial charge in [-0.05, 0) is 49.4 Å². The highest BCUT2D eigenvalue weighted by molar-refractivity contribution is 7.99. The molecule has 31 heavy (non-hydrogen) atoms. The van der Waals surface area contributed by atoms with Gasteiger partial charge in [0.05, 0.1) is 11.1 Å². The van der Waals surface area contributed by atoms with Crippen molar-refractivity contribution in [1.29, 1.82) is 0 Å². The number of benzene rings is 1. The van der Waals surface area contributed by atoms with Crippen molar-refractivity contribution in [2.45, 2.75) is 30.8 Å². The lowest BCUT2D eigenvalue weighted by atomic mass is 9.97. The third-order valence-electron chi connectivity index (χ3n) is 4.94. The molecule has 160 valence electrons. The van der Waals surface area contributed by atoms with Gasteiger partial charge in [0, 0.05) is 21.7 Å². The molecule has 7 N–H and O–H groups in total. The van der Waals surface area contributed by atoms with Crippen molar-refractivity contribution in [3.05, 3.63) is 39.8 Å². The second kappa shape index (κ2) is 8.52. The summed E-state index contributed by atoms with van der Waals surface area (Å²) in [7, 11) is 0. The summed E-state index contributed by atoms with van der Waals surface area (Å²) in [5, 5.41) is 3.99. The monoisotopic (exact) mass is 456 g/mol. The fourth-order valence-corrected chi connectivity index (χ4v) is 5.52. The molecule has 1 aromatic carbocycles. The number of rotatable bonds is 6. The lowest BCUT2D eigenvalue weighted by Crippen LogP contribution is -2.19. The molecular formula is C20H20N6O3S2. The molecule has 11 heteroatoms. The molecule has 0 radical (unpaired) electrons. The summed E-state index contributed by atoms with van der Waals surface area (Å²) in [6, 6.07) is 4.05. The number of hydrogen-bond acceptors (Lipinski definition) is 8. The zero-order valence-corrected chi connectivity index (χ0v) is 18.1. The number of nitrogens with two attached hydrogens (primary N) is 3. The number of nitrogens with zero attached hydrogens (tertiary/aromatic N) is 2. The number of aryl methyl sites for hydroxylation is 2. The largest absolute Gasteiger partial charge is 0.383 e. The smallest absolute Gasteiger partial charge is 0.248 e. The summed E-state index contributed by atoms with van der Waals surface area (Å²) in [5.41, 5.74) is 18.4. The molecule has 0 saturated carbocycles. The van der Waals surface area contributed by atoms with Crippen LogP contribution in [0, 0.1) is 0 Å². The van der Waals surface area contributed by atoms with Gasteiger partial charge >= 0.3 is 0 Å². The number of nitrogens with one attached hydrogen (secondary N) is 1. The van der Waals surface area contributed by atoms with Crippen molar-refractivity contribution >= 4 is 62.5 Å². The van der Waals surface area contributed by atoms with Gasteiger partial charge in [-0.1, -0.05) is 11.8 Å². The van der Waals surface area contributed by atoms with Crippen molar-refractivity contribution in [2.75, 3.05) is 16.8 Å². The first-order valence-corrected chi connectivity index (χ1v) is 11.4. The van der Waals surface area contributed by atoms with Crippen molar-refractivity contribution in [3.8, 4) is 0 Å². The second-order valence-electron chi connectivity index (χ2n) is 7.15. The Morgan fingerprint density at radius 2 is 1.71 bits per heavy atom. The number of nitrogen functional groups attached to an aromatic ring is 1. The highest BCUT2D eigenvalue weighted by Crippen LogP contribution is 2.38. The van der Waals surface area contributed by atoms with Crippen LogP contribution in [0.2, 0.25) is 0 Å². The van der Waals surface area contributed by atoms with E-state index in [0.717, 1.165) is 41.2 Å². The van der Waals surface area contributed by atoms with E-state index < -0.39 is 11.8 Å². The first-order chi connectivity index (χ1) is 14.8. The molecule has 0 atom stereocenters. The lowest BCUT2D eigenvalue weighted by Gasteiger charge is -2.10. The molecule has 2 aromatic heterocycles. The van der Waals surface area contributed by atoms with Crippen LogP contribution in [0.15, 0.2) is 23.4 Å². The first-order valence-electron chi connectivity index (χ1n) is 9.57. The van der Waals surface area contributed by atoms with E-state index in [1.165, 1.54) is 35.1 Å². The number of hydrogen-bond donors (Lipinski definition) is 4. The van der Waals surface area contributed by atoms with Gasteiger partial charge in [-0.2, -0.15) is 0 Å². The summed E-state index contributed by atoms with van der Waals surface area (Å²) in [6.07, 6.45) is 4.35. The zero-order chi connectivity index (χ0) is 22.1. The Labute approximate surface area is 185 Å². The van der Waals surface area contributed by atoms with Crippen LogP contribution in [0.25, 0.3) is 10.2 Å². The number of thiophene rings is 1. The Bertz CT molecular complexity index is 1190. The van der Waals surface area contributed by atoms with Gasteiger partial charge in [-0.25, -0.2) is 9.97 Å². The minimum Gasteiger partial charge on any atom is -0.383 e. The number of fused-ring (bicyclic) bond motifs is 3. The second-order valence-corrected chi connectivity index (χ2v) is 9.17. The molecule has 0 unspecified atom stereocenters. The molecule has 9 nitrogen and oxygen atoms in total. The first kappa shape index (κ1) is 21.1. The molecule has 0 spiro atoms. The predicted octanol–water partition coefficient (Wildman–Crippen LogP) is 2.08. The number of aromatic nitrogens is 2. The van der Waals surface area contributed by atoms with Crippen LogP contribution in [0.4, 0.5) is 11.5 Å². The van der Waals surface area contributed by atoms with Gasteiger partial charge in [-0.15, -0.1) is 11.3 Å². The number of primary amides is 2. The van der Waals surface area contributed by atoms with Crippen molar-refractivity contribution in [3.63, 3.8) is 0 Å². The van der Waals surface area contributed by atoms with Gasteiger partial charge in [-0.3, -0.25) is 14.4 Å². The van der Waals surface area contributed by atoms with Gasteiger partial charge in [0.25, 0.3) is 0 Å². The maximum Gasteiger partial charge on any atom is 0.248 e. The van der Waals surface area contributed by atoms with Crippen LogP contribution in [-0.4, -0.2) is 33.4 Å². The Kier molecular flexibility index (Phi) is 5.79. The Hall–Kier alpha value is -3.18. The minimum atomic E-state index is -0.733. The van der Waals surface area contributed by atoms with Gasteiger partial charge in [0.1, 0.15) is 10.6 Å². The maximum atomic E-state index is 12.4. The number of thioether (sulfide) groups is 1. The van der Waals surface area contributed by atoms with Gasteiger partial charge in [0.2, 0.25) is 17.7 Å². The van der Waals surface area contributed by atoms with E-state index in [4.69, 9.17) is 17.2 Å². The highest BCUT2D eigenvalue weighted by Gasteiger charge is 2.20. The van der Waals surface area contributed by atoms with Crippen molar-refractivity contribution in [1.82, 2.24) is 9.97 Å². The average Bonchev–Trinajstić information content (AvgIpc) is 3.10. The van der Waals surface area contributed by atoms with Crippen LogP contribution in [-0.2, 0) is 17.6 Å². The fraction of sp³-hybridized carbons (Fsp3) is 0.250. The van der Waals surface area contributed by atoms with Gasteiger partial charge < -0.3 is 22.5 Å². The predicted molar refractivity (Wildman–Crippen MR) is 121 cm³/mol. The van der Waals surface area contributed by atoms with E-state index in [9.17, 15) is 14.4 Å². The van der Waals surface area contributed by atoms with Crippen molar-refractivity contribution < 1.29 is 14.4 Å². The van der Waals surface area contributed by atoms with E-state index in [0.29, 0.717) is 11.0 Å². The average molecular weight is 457 g/mol. The Balaban J connectivity index is 1.48. The van der Waals surface area contributed by atoms with Gasteiger partial charge in [0.15, 0.2) is 5.16 Å². The summed E-state index contributed by atoms with van der Waals surface area (Å²) < 4.78 is 0. The number of carbonyl (C=O) groups is 3. The molecule has 0 fully saturated rings. The summed E-state index contributed by atoms with van der Waals surface area (Å²) in [6.45, 7) is 0. The van der Waals surface area contributed by atoms with Crippen LogP contribution in [0.3, 0.4) is 0 Å². The summed E-state index contributed by atoms with van der Waals surface area (Å²) >= 11 is 2.79. The standard InChI is InChI=1S/C20H20N6O3S2/c21-16-15-12-3-1-2-4-13(12)31-19(15)26-20(25-16)30-8-14(27)24-11-6-9(17(22)28)5-10(7-11)18(23)29/h5-7H,1-4,8H2,(H2,22,28)(H2,23,29)(H,24,27)(H2,21,25,26). The molecule has 1 aliphatic rings. The molecule has 4 rings (SSSR count). The molecule has 2 heterocycles. The lowest BCUT2D eigenvalue weighted by molar-refractivity contribution is -0.113. The highest BCUT2D eigenvalue weighted by atomic mass is 32.2. The van der Waals surface area contributed by atoms with E-state index in [-0.39, 0.29) is 28.5 Å². The quantitative estimate of drug-likeness (QED) is 0.325. The minimum absolute atomic E-state index is 0.0166. The molecule has 0 bridgehead atoms. The Morgan fingerprint density at radius 3 is 2.39 bits per heavy atom. The van der Waals surface area contributed by atoms with E-state index in [1.54, 1.807) is 11.3 Å². The maximum absolute atomic E-state index is 12.4. The Morgan fingerprint density at radius 1 is 1.03 bits per heavy atom. The zero-order valence-electron chi connectivity index (χ0n) is 16.4. The molecule has 0 saturated heterocycles. The van der Waals surface area contributed by atoms with Crippen molar-refractivity contribution in [2.24, 2.45) is 11.5 Å². The third-order valence-corrected chi connectivity index (χ3v) is 6.97. The normalized spacial score (nSPS) is 13.0. The number of carbonyl (C=O) groups excluding carboxylic acids is 3. The SMILES string of the molecule is NC(=O)c1cc(NC(=O)CSc2nc(N)c3c4c(sc3n2)CCCC4)cc(C(N)=O)c1. The molecule has 3 aromatic rings. The summed E-state index contributed by atoms with van der Waals surface area (Å²) in [5.74, 6) is -1.38. The number of amides is 3. The van der Waals surface area contributed by atoms with E-state index in [1.807, 2.05) is 0 Å². The summed E-state index contributed by atoms with van der Waals surface area (Å²) in [4.78, 5) is 46.5. The fourth-order valence-electron chi connectivity index (χ4n) is 3.54. The van der Waals surface area contributed by atoms with E-state index in [2.05, 4.69) is 15.3 Å². The molecular weight excluding hydrogens is 436 g/mol. The molecule has 3 amide bonds. The number of anilines is 2. The molecule has 0 aliphatic heterocycles.